The molecule has 0 radical (unpaired) electrons. The number of phenolic OH excluding ortho intramolecular Hbond substituents is 2. The van der Waals surface area contributed by atoms with Crippen LogP contribution >= 0.6 is 0 Å². The third-order valence-corrected chi connectivity index (χ3v) is 10.7. The molecule has 2 bridgehead atoms. The summed E-state index contributed by atoms with van der Waals surface area (Å²) in [5, 5.41) is 31.4. The second-order valence-electron chi connectivity index (χ2n) is 15.2. The van der Waals surface area contributed by atoms with Crippen molar-refractivity contribution in [3.05, 3.63) is 71.0 Å². The molecular formula is C38H50O7. The molecule has 7 heteroatoms. The molecule has 3 N–H and O–H groups in total. The molecule has 3 aliphatic rings. The lowest BCUT2D eigenvalue weighted by Gasteiger charge is -2.59. The molecule has 2 aliphatic carbocycles. The second kappa shape index (κ2) is 11.7. The minimum Gasteiger partial charge on any atom is -0.504 e. The van der Waals surface area contributed by atoms with Crippen LogP contribution in [0.3, 0.4) is 0 Å². The van der Waals surface area contributed by atoms with Gasteiger partial charge in [0, 0.05) is 17.6 Å². The third kappa shape index (κ3) is 5.51. The monoisotopic (exact) mass is 618 g/mol. The molecule has 0 unspecified atom stereocenters. The lowest BCUT2D eigenvalue weighted by atomic mass is 9.39. The molecule has 0 saturated heterocycles. The number of carbonyl (C=O) groups is 3. The molecule has 0 spiro atoms. The lowest BCUT2D eigenvalue weighted by Crippen LogP contribution is -2.69. The molecule has 7 nitrogen and oxygen atoms in total. The first kappa shape index (κ1) is 34.4. The van der Waals surface area contributed by atoms with Gasteiger partial charge in [-0.05, 0) is 109 Å². The number of aromatic hydroxyl groups is 2. The molecular weight excluding hydrogens is 568 g/mol. The maximum absolute atomic E-state index is 15.3. The third-order valence-electron chi connectivity index (χ3n) is 10.7. The molecule has 45 heavy (non-hydrogen) atoms. The Hall–Kier alpha value is -3.45. The molecule has 0 amide bonds. The van der Waals surface area contributed by atoms with Gasteiger partial charge in [-0.1, -0.05) is 43.2 Å². The molecule has 5 atom stereocenters. The van der Waals surface area contributed by atoms with Gasteiger partial charge in [-0.25, -0.2) is 0 Å². The summed E-state index contributed by atoms with van der Waals surface area (Å²) in [7, 11) is 0. The van der Waals surface area contributed by atoms with E-state index in [1.165, 1.54) is 12.1 Å². The quantitative estimate of drug-likeness (QED) is 0.101. The van der Waals surface area contributed by atoms with Crippen molar-refractivity contribution in [1.29, 1.82) is 0 Å². The molecule has 0 aromatic heterocycles. The van der Waals surface area contributed by atoms with E-state index in [2.05, 4.69) is 13.2 Å². The van der Waals surface area contributed by atoms with E-state index in [9.17, 15) is 20.1 Å². The van der Waals surface area contributed by atoms with Gasteiger partial charge in [-0.3, -0.25) is 14.4 Å². The van der Waals surface area contributed by atoms with Crippen LogP contribution < -0.4 is 0 Å². The topological polar surface area (TPSA) is 121 Å². The van der Waals surface area contributed by atoms with Crippen molar-refractivity contribution < 1.29 is 34.4 Å². The van der Waals surface area contributed by atoms with Gasteiger partial charge in [0.2, 0.25) is 0 Å². The van der Waals surface area contributed by atoms with Crippen molar-refractivity contribution >= 4 is 17.3 Å². The van der Waals surface area contributed by atoms with Crippen LogP contribution in [0.15, 0.2) is 65.5 Å². The van der Waals surface area contributed by atoms with Gasteiger partial charge < -0.3 is 20.1 Å². The summed E-state index contributed by atoms with van der Waals surface area (Å²) in [6, 6.07) is 3.67. The highest BCUT2D eigenvalue weighted by atomic mass is 16.5. The van der Waals surface area contributed by atoms with E-state index in [-0.39, 0.29) is 41.6 Å². The summed E-state index contributed by atoms with van der Waals surface area (Å²) in [6.07, 6.45) is 4.07. The van der Waals surface area contributed by atoms with Gasteiger partial charge in [0.1, 0.15) is 11.9 Å². The van der Waals surface area contributed by atoms with Crippen LogP contribution in [0.4, 0.5) is 0 Å². The number of carbonyl (C=O) groups excluding carboxylic acids is 3. The number of fused-ring (bicyclic) bond motifs is 3. The number of rotatable bonds is 11. The zero-order valence-electron chi connectivity index (χ0n) is 28.2. The SMILES string of the molecule is C=C(C)CC[C@H](C[C@@H]1C[C@@]2(CC=C(C)C)C(=O)[C@](C(=O)c3ccc(O)c(O)c3)(C(=O)C3=C2O[C@@H](C(C)(C)O)C3)C1(C)C)C(=C)C. The minimum atomic E-state index is -2.13. The number of hydrogen-bond acceptors (Lipinski definition) is 7. The van der Waals surface area contributed by atoms with Crippen LogP contribution in [-0.2, 0) is 14.3 Å². The second-order valence-corrected chi connectivity index (χ2v) is 15.2. The van der Waals surface area contributed by atoms with E-state index >= 15 is 9.59 Å². The standard InChI is InChI=1S/C38H50O7/c1-21(2)11-12-24(23(5)6)17-26-20-37(16-15-22(3)4)33-27(19-30(45-33)36(9,10)44)32(42)38(34(37)43,35(26,7)8)31(41)25-13-14-28(39)29(40)18-25/h13-15,18,24,26,30,39-40,44H,1,5,11-12,16-17,19-20H2,2-4,6-10H3/t24-,26-,30-,37-,38+/m1/s1. The van der Waals surface area contributed by atoms with Crippen molar-refractivity contribution in [2.24, 2.45) is 28.1 Å². The lowest BCUT2D eigenvalue weighted by molar-refractivity contribution is -0.167. The molecule has 1 aliphatic heterocycles. The summed E-state index contributed by atoms with van der Waals surface area (Å²) < 4.78 is 6.45. The first-order valence-electron chi connectivity index (χ1n) is 15.9. The fraction of sp³-hybridized carbons (Fsp3) is 0.553. The summed E-state index contributed by atoms with van der Waals surface area (Å²) in [5.74, 6) is -2.66. The predicted octanol–water partition coefficient (Wildman–Crippen LogP) is 7.56. The van der Waals surface area contributed by atoms with E-state index < -0.39 is 56.8 Å². The van der Waals surface area contributed by atoms with E-state index in [1.807, 2.05) is 47.6 Å². The number of allylic oxidation sites excluding steroid dienone is 5. The molecule has 4 rings (SSSR count). The predicted molar refractivity (Wildman–Crippen MR) is 175 cm³/mol. The number of ketones is 3. The van der Waals surface area contributed by atoms with Crippen LogP contribution in [-0.4, -0.2) is 44.4 Å². The molecule has 1 saturated carbocycles. The van der Waals surface area contributed by atoms with Gasteiger partial charge in [0.05, 0.1) is 11.0 Å². The van der Waals surface area contributed by atoms with Crippen LogP contribution in [0.1, 0.15) is 104 Å². The number of hydrogen-bond donors (Lipinski definition) is 3. The van der Waals surface area contributed by atoms with E-state index in [0.29, 0.717) is 12.8 Å². The highest BCUT2D eigenvalue weighted by molar-refractivity contribution is 6.36. The Morgan fingerprint density at radius 1 is 1.11 bits per heavy atom. The Kier molecular flexibility index (Phi) is 8.97. The highest BCUT2D eigenvalue weighted by Crippen LogP contribution is 2.68. The Bertz CT molecular complexity index is 1510. The van der Waals surface area contributed by atoms with Crippen LogP contribution in [0.25, 0.3) is 0 Å². The number of Topliss-reactive ketones (excluding diaryl/α,β-unsaturated/α-hetero) is 3. The van der Waals surface area contributed by atoms with Crippen molar-refractivity contribution in [2.45, 2.75) is 106 Å². The summed E-state index contributed by atoms with van der Waals surface area (Å²) in [4.78, 5) is 45.4. The fourth-order valence-electron chi connectivity index (χ4n) is 7.80. The Morgan fingerprint density at radius 2 is 1.76 bits per heavy atom. The molecule has 1 heterocycles. The highest BCUT2D eigenvalue weighted by Gasteiger charge is 2.76. The van der Waals surface area contributed by atoms with Gasteiger partial charge in [0.25, 0.3) is 0 Å². The summed E-state index contributed by atoms with van der Waals surface area (Å²) >= 11 is 0. The van der Waals surface area contributed by atoms with Crippen LogP contribution in [0.5, 0.6) is 11.5 Å². The number of aliphatic hydroxyl groups is 1. The Labute approximate surface area is 267 Å². The average Bonchev–Trinajstić information content (AvgIpc) is 3.39. The minimum absolute atomic E-state index is 0.0300. The van der Waals surface area contributed by atoms with Crippen LogP contribution in [0, 0.1) is 28.1 Å². The van der Waals surface area contributed by atoms with Gasteiger partial charge in [-0.2, -0.15) is 0 Å². The van der Waals surface area contributed by atoms with Gasteiger partial charge in [0.15, 0.2) is 34.3 Å². The maximum Gasteiger partial charge on any atom is 0.184 e. The zero-order valence-corrected chi connectivity index (χ0v) is 28.2. The number of phenols is 2. The van der Waals surface area contributed by atoms with Crippen molar-refractivity contribution in [2.75, 3.05) is 0 Å². The van der Waals surface area contributed by atoms with E-state index in [1.54, 1.807) is 13.8 Å². The van der Waals surface area contributed by atoms with E-state index in [4.69, 9.17) is 4.74 Å². The normalized spacial score (nSPS) is 27.8. The van der Waals surface area contributed by atoms with Crippen molar-refractivity contribution in [3.63, 3.8) is 0 Å². The van der Waals surface area contributed by atoms with Crippen molar-refractivity contribution in [1.82, 2.24) is 0 Å². The van der Waals surface area contributed by atoms with Crippen molar-refractivity contribution in [3.8, 4) is 11.5 Å². The Balaban J connectivity index is 2.04. The Morgan fingerprint density at radius 3 is 2.29 bits per heavy atom. The molecule has 244 valence electrons. The number of benzene rings is 1. The molecule has 1 aromatic rings. The largest absolute Gasteiger partial charge is 0.504 e. The zero-order chi connectivity index (χ0) is 33.9. The smallest absolute Gasteiger partial charge is 0.184 e. The first-order valence-corrected chi connectivity index (χ1v) is 15.9. The summed E-state index contributed by atoms with van der Waals surface area (Å²) in [5.41, 5.74) is -2.63. The van der Waals surface area contributed by atoms with Crippen LogP contribution in [0.2, 0.25) is 0 Å². The van der Waals surface area contributed by atoms with E-state index in [0.717, 1.165) is 35.6 Å². The fourth-order valence-corrected chi connectivity index (χ4v) is 7.80. The summed E-state index contributed by atoms with van der Waals surface area (Å²) in [6.45, 7) is 23.1. The first-order chi connectivity index (χ1) is 20.7. The van der Waals surface area contributed by atoms with Gasteiger partial charge in [-0.15, -0.1) is 6.58 Å². The average molecular weight is 619 g/mol. The molecule has 1 aromatic carbocycles. The molecule has 1 fully saturated rings. The number of ether oxygens (including phenoxy) is 1. The van der Waals surface area contributed by atoms with Gasteiger partial charge >= 0.3 is 0 Å². The maximum atomic E-state index is 15.3.